The average molecular weight is 412 g/mol. The zero-order chi connectivity index (χ0) is 20.5. The van der Waals surface area contributed by atoms with Crippen LogP contribution in [0.2, 0.25) is 0 Å². The van der Waals surface area contributed by atoms with Crippen LogP contribution in [0.25, 0.3) is 0 Å². The monoisotopic (exact) mass is 412 g/mol. The van der Waals surface area contributed by atoms with Crippen LogP contribution in [0, 0.1) is 0 Å². The van der Waals surface area contributed by atoms with E-state index in [-0.39, 0.29) is 36.5 Å². The number of hydrogen-bond acceptors (Lipinski definition) is 3. The van der Waals surface area contributed by atoms with Gasteiger partial charge in [0.15, 0.2) is 0 Å². The van der Waals surface area contributed by atoms with Crippen LogP contribution in [0.4, 0.5) is 13.2 Å². The molecule has 28 heavy (non-hydrogen) atoms. The summed E-state index contributed by atoms with van der Waals surface area (Å²) in [5, 5.41) is 0. The van der Waals surface area contributed by atoms with Crippen LogP contribution in [0.1, 0.15) is 22.8 Å². The lowest BCUT2D eigenvalue weighted by Crippen LogP contribution is -2.55. The highest BCUT2D eigenvalue weighted by Gasteiger charge is 2.35. The summed E-state index contributed by atoms with van der Waals surface area (Å²) in [7, 11) is -3.94. The lowest BCUT2D eigenvalue weighted by Gasteiger charge is -2.39. The molecule has 0 spiro atoms. The molecule has 1 amide bonds. The van der Waals surface area contributed by atoms with Gasteiger partial charge in [0.25, 0.3) is 5.91 Å². The molecule has 1 aliphatic rings. The molecular weight excluding hydrogens is 393 g/mol. The lowest BCUT2D eigenvalue weighted by molar-refractivity contribution is -0.137. The molecule has 5 nitrogen and oxygen atoms in total. The molecule has 2 aromatic rings. The zero-order valence-corrected chi connectivity index (χ0v) is 15.9. The Labute approximate surface area is 161 Å². The first kappa shape index (κ1) is 20.3. The van der Waals surface area contributed by atoms with Gasteiger partial charge >= 0.3 is 6.18 Å². The predicted octanol–water partition coefficient (Wildman–Crippen LogP) is 3.24. The van der Waals surface area contributed by atoms with Crippen LogP contribution in [-0.4, -0.2) is 49.2 Å². The summed E-state index contributed by atoms with van der Waals surface area (Å²) in [5.41, 5.74) is -0.383. The first-order valence-corrected chi connectivity index (χ1v) is 10.1. The molecule has 1 heterocycles. The van der Waals surface area contributed by atoms with Gasteiger partial charge in [0.2, 0.25) is 10.0 Å². The molecule has 0 radical (unpaired) electrons. The van der Waals surface area contributed by atoms with Gasteiger partial charge in [-0.3, -0.25) is 4.79 Å². The van der Waals surface area contributed by atoms with Gasteiger partial charge in [0.05, 0.1) is 10.5 Å². The third-order valence-electron chi connectivity index (χ3n) is 4.69. The van der Waals surface area contributed by atoms with E-state index in [0.29, 0.717) is 5.56 Å². The Hall–Kier alpha value is -2.39. The molecule has 150 valence electrons. The Morgan fingerprint density at radius 2 is 1.61 bits per heavy atom. The van der Waals surface area contributed by atoms with E-state index in [9.17, 15) is 26.4 Å². The fourth-order valence-electron chi connectivity index (χ4n) is 3.16. The molecule has 9 heteroatoms. The van der Waals surface area contributed by atoms with Crippen molar-refractivity contribution < 1.29 is 26.4 Å². The van der Waals surface area contributed by atoms with Gasteiger partial charge in [-0.15, -0.1) is 0 Å². The number of sulfonamides is 1. The Morgan fingerprint density at radius 3 is 2.14 bits per heavy atom. The minimum atomic E-state index is -4.53. The smallest absolute Gasteiger partial charge is 0.333 e. The third-order valence-corrected chi connectivity index (χ3v) is 6.57. The van der Waals surface area contributed by atoms with Crippen molar-refractivity contribution in [3.8, 4) is 0 Å². The van der Waals surface area contributed by atoms with Crippen LogP contribution in [0.3, 0.4) is 0 Å². The number of hydrogen-bond donors (Lipinski definition) is 0. The van der Waals surface area contributed by atoms with Crippen molar-refractivity contribution in [2.45, 2.75) is 24.0 Å². The van der Waals surface area contributed by atoms with E-state index in [1.54, 1.807) is 42.2 Å². The van der Waals surface area contributed by atoms with Crippen LogP contribution < -0.4 is 0 Å². The number of rotatable bonds is 3. The van der Waals surface area contributed by atoms with Crippen molar-refractivity contribution in [2.75, 3.05) is 19.6 Å². The number of piperazine rings is 1. The highest BCUT2D eigenvalue weighted by molar-refractivity contribution is 7.89. The molecular formula is C19H19F3N2O3S. The molecule has 0 aromatic heterocycles. The number of alkyl halides is 3. The SMILES string of the molecule is C[C@H]1CN(S(=O)(=O)c2ccc(C(F)(F)F)cc2)CCN1C(=O)c1ccccc1. The molecule has 0 N–H and O–H groups in total. The summed E-state index contributed by atoms with van der Waals surface area (Å²) in [6.45, 7) is 2.10. The van der Waals surface area contributed by atoms with Gasteiger partial charge in [-0.1, -0.05) is 18.2 Å². The maximum Gasteiger partial charge on any atom is 0.416 e. The minimum absolute atomic E-state index is 0.0714. The molecule has 1 fully saturated rings. The van der Waals surface area contributed by atoms with Crippen LogP contribution in [0.5, 0.6) is 0 Å². The van der Waals surface area contributed by atoms with Crippen molar-refractivity contribution in [3.05, 3.63) is 65.7 Å². The number of nitrogens with zero attached hydrogens (tertiary/aromatic N) is 2. The molecule has 1 saturated heterocycles. The summed E-state index contributed by atoms with van der Waals surface area (Å²) < 4.78 is 64.8. The first-order valence-electron chi connectivity index (χ1n) is 8.64. The summed E-state index contributed by atoms with van der Waals surface area (Å²) in [4.78, 5) is 14.0. The number of carbonyl (C=O) groups excluding carboxylic acids is 1. The average Bonchev–Trinajstić information content (AvgIpc) is 2.67. The van der Waals surface area contributed by atoms with E-state index in [1.165, 1.54) is 4.31 Å². The van der Waals surface area contributed by atoms with E-state index >= 15 is 0 Å². The second-order valence-corrected chi connectivity index (χ2v) is 8.54. The molecule has 1 atom stereocenters. The third kappa shape index (κ3) is 4.05. The van der Waals surface area contributed by atoms with Crippen molar-refractivity contribution in [1.29, 1.82) is 0 Å². The van der Waals surface area contributed by atoms with Gasteiger partial charge in [-0.2, -0.15) is 17.5 Å². The molecule has 0 unspecified atom stereocenters. The number of carbonyl (C=O) groups is 1. The van der Waals surface area contributed by atoms with Gasteiger partial charge in [-0.25, -0.2) is 8.42 Å². The normalized spacial score (nSPS) is 18.9. The van der Waals surface area contributed by atoms with Crippen LogP contribution in [0.15, 0.2) is 59.5 Å². The van der Waals surface area contributed by atoms with E-state index in [2.05, 4.69) is 0 Å². The second-order valence-electron chi connectivity index (χ2n) is 6.60. The van der Waals surface area contributed by atoms with E-state index in [1.807, 2.05) is 0 Å². The molecule has 0 bridgehead atoms. The van der Waals surface area contributed by atoms with Crippen molar-refractivity contribution in [2.24, 2.45) is 0 Å². The van der Waals surface area contributed by atoms with Gasteiger partial charge in [-0.05, 0) is 43.3 Å². The maximum absolute atomic E-state index is 12.8. The summed E-state index contributed by atoms with van der Waals surface area (Å²) in [5.74, 6) is -0.181. The van der Waals surface area contributed by atoms with Crippen LogP contribution in [-0.2, 0) is 16.2 Å². The van der Waals surface area contributed by atoms with Crippen molar-refractivity contribution >= 4 is 15.9 Å². The molecule has 3 rings (SSSR count). The number of benzene rings is 2. The Balaban J connectivity index is 1.74. The minimum Gasteiger partial charge on any atom is -0.333 e. The first-order chi connectivity index (χ1) is 13.1. The Bertz CT molecular complexity index is 945. The highest BCUT2D eigenvalue weighted by Crippen LogP contribution is 2.30. The van der Waals surface area contributed by atoms with Crippen molar-refractivity contribution in [3.63, 3.8) is 0 Å². The molecule has 0 saturated carbocycles. The number of halogens is 3. The molecule has 2 aromatic carbocycles. The Morgan fingerprint density at radius 1 is 1.00 bits per heavy atom. The van der Waals surface area contributed by atoms with E-state index < -0.39 is 21.8 Å². The van der Waals surface area contributed by atoms with Gasteiger partial charge in [0, 0.05) is 31.2 Å². The summed E-state index contributed by atoms with van der Waals surface area (Å²) >= 11 is 0. The lowest BCUT2D eigenvalue weighted by atomic mass is 10.1. The largest absolute Gasteiger partial charge is 0.416 e. The quantitative estimate of drug-likeness (QED) is 0.778. The zero-order valence-electron chi connectivity index (χ0n) is 15.1. The van der Waals surface area contributed by atoms with E-state index in [4.69, 9.17) is 0 Å². The molecule has 1 aliphatic heterocycles. The van der Waals surface area contributed by atoms with Crippen LogP contribution >= 0.6 is 0 Å². The predicted molar refractivity (Wildman–Crippen MR) is 97.1 cm³/mol. The fraction of sp³-hybridized carbons (Fsp3) is 0.316. The van der Waals surface area contributed by atoms with Gasteiger partial charge in [0.1, 0.15) is 0 Å². The number of amides is 1. The standard InChI is InChI=1S/C19H19F3N2O3S/c1-14-13-23(11-12-24(14)18(25)15-5-3-2-4-6-15)28(26,27)17-9-7-16(8-10-17)19(20,21)22/h2-10,14H,11-13H2,1H3/t14-/m0/s1. The van der Waals surface area contributed by atoms with Gasteiger partial charge < -0.3 is 4.90 Å². The van der Waals surface area contributed by atoms with E-state index in [0.717, 1.165) is 24.3 Å². The Kier molecular flexibility index (Phi) is 5.49. The highest BCUT2D eigenvalue weighted by atomic mass is 32.2. The maximum atomic E-state index is 12.8. The molecule has 0 aliphatic carbocycles. The topological polar surface area (TPSA) is 57.7 Å². The summed E-state index contributed by atoms with van der Waals surface area (Å²) in [6, 6.07) is 11.8. The second kappa shape index (κ2) is 7.56. The van der Waals surface area contributed by atoms with Crippen molar-refractivity contribution in [1.82, 2.24) is 9.21 Å². The fourth-order valence-corrected chi connectivity index (χ4v) is 4.67. The summed E-state index contributed by atoms with van der Waals surface area (Å²) in [6.07, 6.45) is -4.53.